The molecule has 3 fully saturated rings. The molecule has 144 valence electrons. The van der Waals surface area contributed by atoms with Crippen LogP contribution in [-0.2, 0) is 14.3 Å². The van der Waals surface area contributed by atoms with Crippen molar-refractivity contribution in [2.45, 2.75) is 71.8 Å². The molecule has 0 bridgehead atoms. The first-order valence-corrected chi connectivity index (χ1v) is 10.3. The molecule has 0 aromatic rings. The van der Waals surface area contributed by atoms with Crippen LogP contribution >= 0.6 is 0 Å². The quantitative estimate of drug-likeness (QED) is 0.763. The van der Waals surface area contributed by atoms with E-state index in [9.17, 15) is 14.7 Å². The molecule has 0 spiro atoms. The van der Waals surface area contributed by atoms with Crippen LogP contribution in [0, 0.1) is 34.5 Å². The van der Waals surface area contributed by atoms with E-state index in [0.717, 1.165) is 38.5 Å². The number of ether oxygens (including phenoxy) is 1. The van der Waals surface area contributed by atoms with E-state index in [4.69, 9.17) is 4.74 Å². The molecule has 3 saturated carbocycles. The molecular weight excluding hydrogens is 328 g/mol. The minimum absolute atomic E-state index is 0.0315. The lowest BCUT2D eigenvalue weighted by Crippen LogP contribution is -2.56. The first-order valence-electron chi connectivity index (χ1n) is 10.3. The maximum Gasteiger partial charge on any atom is 0.302 e. The Labute approximate surface area is 156 Å². The molecule has 4 aliphatic carbocycles. The van der Waals surface area contributed by atoms with Crippen molar-refractivity contribution in [3.05, 3.63) is 11.6 Å². The Hall–Kier alpha value is -1.16. The minimum atomic E-state index is -0.234. The van der Waals surface area contributed by atoms with E-state index in [-0.39, 0.29) is 28.7 Å². The molecule has 0 aromatic carbocycles. The third-order valence-corrected chi connectivity index (χ3v) is 8.52. The summed E-state index contributed by atoms with van der Waals surface area (Å²) >= 11 is 0. The van der Waals surface area contributed by atoms with E-state index < -0.39 is 0 Å². The van der Waals surface area contributed by atoms with Crippen molar-refractivity contribution < 1.29 is 19.4 Å². The zero-order chi connectivity index (χ0) is 18.7. The fourth-order valence-electron chi connectivity index (χ4n) is 7.19. The van der Waals surface area contributed by atoms with Crippen molar-refractivity contribution in [3.8, 4) is 0 Å². The van der Waals surface area contributed by atoms with Crippen molar-refractivity contribution >= 4 is 11.8 Å². The van der Waals surface area contributed by atoms with Gasteiger partial charge in [0.2, 0.25) is 0 Å². The molecule has 1 N–H and O–H groups in total. The van der Waals surface area contributed by atoms with Gasteiger partial charge in [-0.15, -0.1) is 0 Å². The molecule has 0 radical (unpaired) electrons. The normalized spacial score (nSPS) is 47.5. The number of carbonyl (C=O) groups excluding carboxylic acids is 2. The number of hydrogen-bond acceptors (Lipinski definition) is 4. The molecule has 26 heavy (non-hydrogen) atoms. The second-order valence-electron chi connectivity index (χ2n) is 9.68. The number of aliphatic hydroxyl groups excluding tert-OH is 1. The molecule has 0 aromatic heterocycles. The largest absolute Gasteiger partial charge is 0.465 e. The Bertz CT molecular complexity index is 653. The molecule has 4 aliphatic rings. The van der Waals surface area contributed by atoms with Crippen molar-refractivity contribution in [1.82, 2.24) is 0 Å². The molecule has 0 unspecified atom stereocenters. The highest BCUT2D eigenvalue weighted by molar-refractivity contribution is 5.91. The summed E-state index contributed by atoms with van der Waals surface area (Å²) in [5.41, 5.74) is 1.10. The fraction of sp³-hybridized carbons (Fsp3) is 0.818. The zero-order valence-corrected chi connectivity index (χ0v) is 16.3. The standard InChI is InChI=1S/C22H32O4/c1-13-10-15-11-16(24)6-9-22(15,12-26-14(2)23)18-7-8-21(3)17(20(13)18)4-5-19(21)25/h11,13,17-20,25H,4-10,12H2,1-3H3/t13-,17+,18+,19+,20+,21+,22-/m1/s1. The van der Waals surface area contributed by atoms with Crippen LogP contribution in [0.1, 0.15) is 65.7 Å². The van der Waals surface area contributed by atoms with Crippen molar-refractivity contribution in [3.63, 3.8) is 0 Å². The summed E-state index contributed by atoms with van der Waals surface area (Å²) < 4.78 is 5.58. The van der Waals surface area contributed by atoms with Crippen LogP contribution in [-0.4, -0.2) is 29.6 Å². The molecule has 4 heteroatoms. The van der Waals surface area contributed by atoms with E-state index in [1.807, 2.05) is 6.08 Å². The molecular formula is C22H32O4. The van der Waals surface area contributed by atoms with Crippen molar-refractivity contribution in [2.75, 3.05) is 6.61 Å². The summed E-state index contributed by atoms with van der Waals surface area (Å²) in [5, 5.41) is 10.6. The molecule has 0 heterocycles. The lowest BCUT2D eigenvalue weighted by Gasteiger charge is -2.60. The number of hydrogen-bond donors (Lipinski definition) is 1. The Balaban J connectivity index is 1.74. The van der Waals surface area contributed by atoms with Crippen molar-refractivity contribution in [2.24, 2.45) is 34.5 Å². The lowest BCUT2D eigenvalue weighted by molar-refractivity contribution is -0.153. The van der Waals surface area contributed by atoms with E-state index in [2.05, 4.69) is 13.8 Å². The number of esters is 1. The molecule has 4 nitrogen and oxygen atoms in total. The van der Waals surface area contributed by atoms with E-state index in [1.54, 1.807) is 0 Å². The van der Waals surface area contributed by atoms with Gasteiger partial charge in [0.15, 0.2) is 5.78 Å². The predicted molar refractivity (Wildman–Crippen MR) is 98.2 cm³/mol. The predicted octanol–water partition coefficient (Wildman–Crippen LogP) is 3.67. The van der Waals surface area contributed by atoms with Gasteiger partial charge in [0.25, 0.3) is 0 Å². The summed E-state index contributed by atoms with van der Waals surface area (Å²) in [4.78, 5) is 23.7. The first kappa shape index (κ1) is 18.2. The van der Waals surface area contributed by atoms with Gasteiger partial charge in [0, 0.05) is 18.8 Å². The average Bonchev–Trinajstić information content (AvgIpc) is 2.89. The number of rotatable bonds is 2. The summed E-state index contributed by atoms with van der Waals surface area (Å²) in [6, 6.07) is 0. The van der Waals surface area contributed by atoms with Crippen LogP contribution < -0.4 is 0 Å². The monoisotopic (exact) mass is 360 g/mol. The third-order valence-electron chi connectivity index (χ3n) is 8.52. The van der Waals surface area contributed by atoms with Gasteiger partial charge < -0.3 is 9.84 Å². The number of ketones is 1. The van der Waals surface area contributed by atoms with Crippen molar-refractivity contribution in [1.29, 1.82) is 0 Å². The van der Waals surface area contributed by atoms with Crippen LogP contribution in [0.4, 0.5) is 0 Å². The first-order chi connectivity index (χ1) is 12.3. The van der Waals surface area contributed by atoms with E-state index in [0.29, 0.717) is 36.7 Å². The van der Waals surface area contributed by atoms with Crippen LogP contribution in [0.2, 0.25) is 0 Å². The Morgan fingerprint density at radius 1 is 1.27 bits per heavy atom. The maximum absolute atomic E-state index is 12.1. The number of carbonyl (C=O) groups is 2. The van der Waals surface area contributed by atoms with Gasteiger partial charge >= 0.3 is 5.97 Å². The van der Waals surface area contributed by atoms with Gasteiger partial charge in [-0.25, -0.2) is 0 Å². The summed E-state index contributed by atoms with van der Waals surface area (Å²) in [5.74, 6) is 2.04. The topological polar surface area (TPSA) is 63.6 Å². The van der Waals surface area contributed by atoms with Crippen LogP contribution in [0.3, 0.4) is 0 Å². The summed E-state index contributed by atoms with van der Waals surface area (Å²) in [7, 11) is 0. The van der Waals surface area contributed by atoms with Crippen LogP contribution in [0.25, 0.3) is 0 Å². The Kier molecular flexibility index (Phi) is 4.33. The maximum atomic E-state index is 12.1. The smallest absolute Gasteiger partial charge is 0.302 e. The highest BCUT2D eigenvalue weighted by Crippen LogP contribution is 2.66. The Morgan fingerprint density at radius 2 is 2.04 bits per heavy atom. The summed E-state index contributed by atoms with van der Waals surface area (Å²) in [6.07, 6.45) is 8.10. The fourth-order valence-corrected chi connectivity index (χ4v) is 7.19. The molecule has 7 atom stereocenters. The van der Waals surface area contributed by atoms with E-state index in [1.165, 1.54) is 12.5 Å². The van der Waals surface area contributed by atoms with Gasteiger partial charge in [0.05, 0.1) is 6.10 Å². The Morgan fingerprint density at radius 3 is 2.77 bits per heavy atom. The molecule has 4 rings (SSSR count). The molecule has 0 aliphatic heterocycles. The number of fused-ring (bicyclic) bond motifs is 5. The lowest BCUT2D eigenvalue weighted by atomic mass is 9.45. The molecule has 0 amide bonds. The van der Waals surface area contributed by atoms with Gasteiger partial charge in [-0.1, -0.05) is 19.4 Å². The minimum Gasteiger partial charge on any atom is -0.465 e. The SMILES string of the molecule is CC(=O)OC[C@]12CCC(=O)C=C1C[C@@H](C)[C@@H]1[C@@H]2CC[C@]2(C)[C@@H](O)CC[C@@H]12. The van der Waals surface area contributed by atoms with Gasteiger partial charge in [-0.2, -0.15) is 0 Å². The summed E-state index contributed by atoms with van der Waals surface area (Å²) in [6.45, 7) is 6.50. The van der Waals surface area contributed by atoms with Gasteiger partial charge in [-0.3, -0.25) is 9.59 Å². The zero-order valence-electron chi connectivity index (χ0n) is 16.3. The van der Waals surface area contributed by atoms with Crippen LogP contribution in [0.5, 0.6) is 0 Å². The van der Waals surface area contributed by atoms with Crippen LogP contribution in [0.15, 0.2) is 11.6 Å². The second-order valence-corrected chi connectivity index (χ2v) is 9.68. The van der Waals surface area contributed by atoms with Gasteiger partial charge in [0.1, 0.15) is 6.61 Å². The van der Waals surface area contributed by atoms with Gasteiger partial charge in [-0.05, 0) is 73.7 Å². The third kappa shape index (κ3) is 2.51. The number of aliphatic hydroxyl groups is 1. The average molecular weight is 360 g/mol. The highest BCUT2D eigenvalue weighted by atomic mass is 16.5. The second kappa shape index (κ2) is 6.19. The highest BCUT2D eigenvalue weighted by Gasteiger charge is 2.62. The molecule has 0 saturated heterocycles. The van der Waals surface area contributed by atoms with E-state index >= 15 is 0 Å².